The molecule has 94 valence electrons. The fourth-order valence-electron chi connectivity index (χ4n) is 3.20. The molecule has 2 aliphatic rings. The van der Waals surface area contributed by atoms with Crippen LogP contribution in [0.2, 0.25) is 0 Å². The molecule has 3 heterocycles. The van der Waals surface area contributed by atoms with Crippen molar-refractivity contribution in [2.24, 2.45) is 0 Å². The molecule has 0 aliphatic carbocycles. The van der Waals surface area contributed by atoms with Gasteiger partial charge in [0.2, 0.25) is 0 Å². The Balaban J connectivity index is 1.75. The third-order valence-electron chi connectivity index (χ3n) is 4.11. The zero-order valence-electron chi connectivity index (χ0n) is 10.5. The number of aromatic nitrogens is 1. The van der Waals surface area contributed by atoms with Gasteiger partial charge in [-0.05, 0) is 37.9 Å². The highest BCUT2D eigenvalue weighted by atomic mass is 15.2. The minimum Gasteiger partial charge on any atom is -0.365 e. The van der Waals surface area contributed by atoms with Crippen LogP contribution in [-0.4, -0.2) is 35.1 Å². The predicted octanol–water partition coefficient (Wildman–Crippen LogP) is 1.99. The Morgan fingerprint density at radius 2 is 2.28 bits per heavy atom. The number of fused-ring (bicyclic) bond motifs is 1. The van der Waals surface area contributed by atoms with Gasteiger partial charge < -0.3 is 5.32 Å². The van der Waals surface area contributed by atoms with Crippen LogP contribution in [0.1, 0.15) is 31.2 Å². The predicted molar refractivity (Wildman–Crippen MR) is 70.2 cm³/mol. The fourth-order valence-corrected chi connectivity index (χ4v) is 3.20. The monoisotopic (exact) mass is 242 g/mol. The van der Waals surface area contributed by atoms with Gasteiger partial charge in [0.15, 0.2) is 0 Å². The van der Waals surface area contributed by atoms with E-state index in [1.165, 1.54) is 32.4 Å². The van der Waals surface area contributed by atoms with E-state index in [0.717, 1.165) is 12.2 Å². The van der Waals surface area contributed by atoms with Gasteiger partial charge in [0.05, 0.1) is 5.56 Å². The lowest BCUT2D eigenvalue weighted by Crippen LogP contribution is -2.41. The molecule has 0 spiro atoms. The van der Waals surface area contributed by atoms with Crippen molar-refractivity contribution in [1.29, 1.82) is 5.26 Å². The summed E-state index contributed by atoms with van der Waals surface area (Å²) in [6.45, 7) is 2.41. The lowest BCUT2D eigenvalue weighted by Gasteiger charge is -2.32. The zero-order valence-corrected chi connectivity index (χ0v) is 10.5. The summed E-state index contributed by atoms with van der Waals surface area (Å²) >= 11 is 0. The van der Waals surface area contributed by atoms with Crippen LogP contribution in [0.25, 0.3) is 0 Å². The Morgan fingerprint density at radius 3 is 3.17 bits per heavy atom. The molecule has 2 fully saturated rings. The summed E-state index contributed by atoms with van der Waals surface area (Å²) in [4.78, 5) is 6.88. The van der Waals surface area contributed by atoms with Crippen LogP contribution in [0, 0.1) is 11.3 Å². The number of nitrogens with one attached hydrogen (secondary N) is 1. The minimum absolute atomic E-state index is 0.451. The number of pyridine rings is 1. The van der Waals surface area contributed by atoms with Crippen molar-refractivity contribution < 1.29 is 0 Å². The zero-order chi connectivity index (χ0) is 12.4. The highest BCUT2D eigenvalue weighted by Gasteiger charge is 2.35. The standard InChI is InChI=1S/C14H18N4/c15-10-11-4-3-7-16-14(11)17-12-6-9-18-8-2-1-5-13(12)18/h3-4,7,12-13H,1-2,5-6,8-9H2,(H,16,17)/t12-,13-/m1/s1. The van der Waals surface area contributed by atoms with Crippen LogP contribution in [0.3, 0.4) is 0 Å². The average Bonchev–Trinajstić information content (AvgIpc) is 2.83. The van der Waals surface area contributed by atoms with E-state index < -0.39 is 0 Å². The first kappa shape index (κ1) is 11.5. The number of piperidine rings is 1. The van der Waals surface area contributed by atoms with E-state index in [1.54, 1.807) is 6.20 Å². The second-order valence-corrected chi connectivity index (χ2v) is 5.15. The van der Waals surface area contributed by atoms with Gasteiger partial charge in [0, 0.05) is 24.8 Å². The molecule has 2 saturated heterocycles. The van der Waals surface area contributed by atoms with Crippen molar-refractivity contribution in [3.63, 3.8) is 0 Å². The fraction of sp³-hybridized carbons (Fsp3) is 0.571. The molecular formula is C14H18N4. The molecule has 0 radical (unpaired) electrons. The number of nitrogens with zero attached hydrogens (tertiary/aromatic N) is 3. The molecule has 2 atom stereocenters. The first-order chi connectivity index (χ1) is 8.88. The number of hydrogen-bond acceptors (Lipinski definition) is 4. The van der Waals surface area contributed by atoms with E-state index in [9.17, 15) is 0 Å². The lowest BCUT2D eigenvalue weighted by atomic mass is 9.99. The molecule has 0 aromatic carbocycles. The largest absolute Gasteiger partial charge is 0.365 e. The topological polar surface area (TPSA) is 52.0 Å². The summed E-state index contributed by atoms with van der Waals surface area (Å²) in [5.41, 5.74) is 0.645. The molecule has 1 aromatic heterocycles. The Hall–Kier alpha value is -1.60. The summed E-state index contributed by atoms with van der Waals surface area (Å²) in [5, 5.41) is 12.6. The van der Waals surface area contributed by atoms with E-state index in [4.69, 9.17) is 5.26 Å². The van der Waals surface area contributed by atoms with E-state index in [1.807, 2.05) is 12.1 Å². The second-order valence-electron chi connectivity index (χ2n) is 5.15. The Morgan fingerprint density at radius 1 is 1.33 bits per heavy atom. The SMILES string of the molecule is N#Cc1cccnc1N[C@@H]1CCN2CCCC[C@H]12. The Labute approximate surface area is 108 Å². The number of hydrogen-bond donors (Lipinski definition) is 1. The average molecular weight is 242 g/mol. The lowest BCUT2D eigenvalue weighted by molar-refractivity contribution is 0.192. The molecule has 3 rings (SSSR count). The normalized spacial score (nSPS) is 27.5. The van der Waals surface area contributed by atoms with Gasteiger partial charge in [-0.15, -0.1) is 0 Å². The minimum atomic E-state index is 0.451. The molecule has 4 nitrogen and oxygen atoms in total. The van der Waals surface area contributed by atoms with Crippen LogP contribution in [-0.2, 0) is 0 Å². The number of anilines is 1. The van der Waals surface area contributed by atoms with Crippen molar-refractivity contribution in [3.05, 3.63) is 23.9 Å². The first-order valence-corrected chi connectivity index (χ1v) is 6.74. The molecule has 0 bridgehead atoms. The van der Waals surface area contributed by atoms with E-state index in [2.05, 4.69) is 21.3 Å². The maximum absolute atomic E-state index is 9.08. The smallest absolute Gasteiger partial charge is 0.144 e. The first-order valence-electron chi connectivity index (χ1n) is 6.74. The Kier molecular flexibility index (Phi) is 3.16. The molecule has 18 heavy (non-hydrogen) atoms. The van der Waals surface area contributed by atoms with Gasteiger partial charge >= 0.3 is 0 Å². The van der Waals surface area contributed by atoms with Crippen molar-refractivity contribution in [2.45, 2.75) is 37.8 Å². The van der Waals surface area contributed by atoms with Gasteiger partial charge in [0.25, 0.3) is 0 Å². The van der Waals surface area contributed by atoms with Gasteiger partial charge in [-0.1, -0.05) is 6.42 Å². The summed E-state index contributed by atoms with van der Waals surface area (Å²) in [7, 11) is 0. The maximum Gasteiger partial charge on any atom is 0.144 e. The molecule has 0 unspecified atom stereocenters. The van der Waals surface area contributed by atoms with Crippen molar-refractivity contribution in [3.8, 4) is 6.07 Å². The molecule has 4 heteroatoms. The third-order valence-corrected chi connectivity index (χ3v) is 4.11. The van der Waals surface area contributed by atoms with E-state index >= 15 is 0 Å². The molecule has 1 aromatic rings. The number of nitriles is 1. The van der Waals surface area contributed by atoms with Gasteiger partial charge in [-0.2, -0.15) is 5.26 Å². The molecule has 0 amide bonds. The molecular weight excluding hydrogens is 224 g/mol. The maximum atomic E-state index is 9.08. The highest BCUT2D eigenvalue weighted by molar-refractivity contribution is 5.52. The van der Waals surface area contributed by atoms with Crippen molar-refractivity contribution >= 4 is 5.82 Å². The van der Waals surface area contributed by atoms with E-state index in [-0.39, 0.29) is 0 Å². The van der Waals surface area contributed by atoms with Crippen molar-refractivity contribution in [1.82, 2.24) is 9.88 Å². The van der Waals surface area contributed by atoms with Crippen LogP contribution < -0.4 is 5.32 Å². The van der Waals surface area contributed by atoms with Gasteiger partial charge in [0.1, 0.15) is 11.9 Å². The summed E-state index contributed by atoms with van der Waals surface area (Å²) in [5.74, 6) is 0.748. The summed E-state index contributed by atoms with van der Waals surface area (Å²) < 4.78 is 0. The molecule has 1 N–H and O–H groups in total. The molecule has 0 saturated carbocycles. The van der Waals surface area contributed by atoms with Gasteiger partial charge in [-0.25, -0.2) is 4.98 Å². The Bertz CT molecular complexity index is 465. The second kappa shape index (κ2) is 4.95. The highest BCUT2D eigenvalue weighted by Crippen LogP contribution is 2.29. The van der Waals surface area contributed by atoms with Crippen LogP contribution in [0.4, 0.5) is 5.82 Å². The van der Waals surface area contributed by atoms with Crippen LogP contribution in [0.5, 0.6) is 0 Å². The third kappa shape index (κ3) is 2.06. The number of rotatable bonds is 2. The van der Waals surface area contributed by atoms with Gasteiger partial charge in [-0.3, -0.25) is 4.90 Å². The molecule has 2 aliphatic heterocycles. The summed E-state index contributed by atoms with van der Waals surface area (Å²) in [6.07, 6.45) is 6.83. The van der Waals surface area contributed by atoms with Crippen LogP contribution >= 0.6 is 0 Å². The van der Waals surface area contributed by atoms with E-state index in [0.29, 0.717) is 17.6 Å². The van der Waals surface area contributed by atoms with Crippen LogP contribution in [0.15, 0.2) is 18.3 Å². The summed E-state index contributed by atoms with van der Waals surface area (Å²) in [6, 6.07) is 6.92. The quantitative estimate of drug-likeness (QED) is 0.861. The van der Waals surface area contributed by atoms with Crippen molar-refractivity contribution in [2.75, 3.05) is 18.4 Å².